The second-order valence-electron chi connectivity index (χ2n) is 5.78. The van der Waals surface area contributed by atoms with E-state index in [1.807, 2.05) is 6.07 Å². The summed E-state index contributed by atoms with van der Waals surface area (Å²) < 4.78 is 0. The van der Waals surface area contributed by atoms with Crippen LogP contribution in [0, 0.1) is 13.8 Å². The second kappa shape index (κ2) is 5.59. The molecular weight excluding hydrogens is 266 g/mol. The summed E-state index contributed by atoms with van der Waals surface area (Å²) in [7, 11) is 0. The first kappa shape index (κ1) is 13.7. The van der Waals surface area contributed by atoms with Crippen LogP contribution in [0.25, 0.3) is 11.1 Å². The zero-order valence-corrected chi connectivity index (χ0v) is 12.8. The number of hydrogen-bond donors (Lipinski definition) is 1. The molecule has 0 amide bonds. The maximum absolute atomic E-state index is 6.32. The third-order valence-electron chi connectivity index (χ3n) is 3.91. The summed E-state index contributed by atoms with van der Waals surface area (Å²) in [5, 5.41) is 4.39. The molecule has 0 aromatic heterocycles. The SMILES string of the molecule is Cc1ccc(C)c(-c2ccc(Cl)c(CNC3CC3)c2)c1. The largest absolute Gasteiger partial charge is 0.310 e. The molecule has 1 nitrogen and oxygen atoms in total. The van der Waals surface area contributed by atoms with Crippen molar-refractivity contribution >= 4 is 11.6 Å². The lowest BCUT2D eigenvalue weighted by Gasteiger charge is -2.11. The van der Waals surface area contributed by atoms with E-state index in [0.717, 1.165) is 11.6 Å². The molecular formula is C18H20ClN. The first-order valence-corrected chi connectivity index (χ1v) is 7.61. The van der Waals surface area contributed by atoms with Gasteiger partial charge < -0.3 is 5.32 Å². The fraction of sp³-hybridized carbons (Fsp3) is 0.333. The molecule has 1 fully saturated rings. The Morgan fingerprint density at radius 2 is 1.90 bits per heavy atom. The lowest BCUT2D eigenvalue weighted by molar-refractivity contribution is 0.688. The number of rotatable bonds is 4. The van der Waals surface area contributed by atoms with Gasteiger partial charge in [-0.05, 0) is 61.1 Å². The van der Waals surface area contributed by atoms with Crippen molar-refractivity contribution in [1.82, 2.24) is 5.32 Å². The van der Waals surface area contributed by atoms with Gasteiger partial charge in [-0.25, -0.2) is 0 Å². The summed E-state index contributed by atoms with van der Waals surface area (Å²) >= 11 is 6.32. The predicted octanol–water partition coefficient (Wildman–Crippen LogP) is 4.88. The van der Waals surface area contributed by atoms with Crippen molar-refractivity contribution in [3.63, 3.8) is 0 Å². The van der Waals surface area contributed by atoms with Crippen LogP contribution in [0.5, 0.6) is 0 Å². The highest BCUT2D eigenvalue weighted by molar-refractivity contribution is 6.31. The molecule has 2 aromatic rings. The molecule has 1 aliphatic rings. The predicted molar refractivity (Wildman–Crippen MR) is 86.2 cm³/mol. The minimum Gasteiger partial charge on any atom is -0.310 e. The molecule has 1 saturated carbocycles. The van der Waals surface area contributed by atoms with Crippen LogP contribution < -0.4 is 5.32 Å². The average molecular weight is 286 g/mol. The topological polar surface area (TPSA) is 12.0 Å². The molecule has 2 heteroatoms. The summed E-state index contributed by atoms with van der Waals surface area (Å²) in [6, 6.07) is 13.6. The number of hydrogen-bond acceptors (Lipinski definition) is 1. The third kappa shape index (κ3) is 3.05. The molecule has 2 aromatic carbocycles. The molecule has 0 saturated heterocycles. The van der Waals surface area contributed by atoms with Gasteiger partial charge in [0.05, 0.1) is 0 Å². The zero-order chi connectivity index (χ0) is 14.1. The standard InChI is InChI=1S/C18H20ClN/c1-12-3-4-13(2)17(9-12)14-5-8-18(19)15(10-14)11-20-16-6-7-16/h3-5,8-10,16,20H,6-7,11H2,1-2H3. The number of halogens is 1. The lowest BCUT2D eigenvalue weighted by Crippen LogP contribution is -2.15. The number of nitrogens with one attached hydrogen (secondary N) is 1. The van der Waals surface area contributed by atoms with Gasteiger partial charge in [0.2, 0.25) is 0 Å². The van der Waals surface area contributed by atoms with E-state index in [-0.39, 0.29) is 0 Å². The number of benzene rings is 2. The summed E-state index contributed by atoms with van der Waals surface area (Å²) in [6.07, 6.45) is 2.60. The molecule has 1 N–H and O–H groups in total. The van der Waals surface area contributed by atoms with Gasteiger partial charge in [0, 0.05) is 17.6 Å². The molecule has 0 unspecified atom stereocenters. The van der Waals surface area contributed by atoms with Gasteiger partial charge in [-0.2, -0.15) is 0 Å². The lowest BCUT2D eigenvalue weighted by atomic mass is 9.97. The Morgan fingerprint density at radius 1 is 1.10 bits per heavy atom. The Balaban J connectivity index is 1.92. The van der Waals surface area contributed by atoms with Gasteiger partial charge in [-0.1, -0.05) is 41.4 Å². The van der Waals surface area contributed by atoms with Crippen LogP contribution >= 0.6 is 11.6 Å². The summed E-state index contributed by atoms with van der Waals surface area (Å²) in [5.74, 6) is 0. The van der Waals surface area contributed by atoms with E-state index >= 15 is 0 Å². The van der Waals surface area contributed by atoms with Crippen molar-refractivity contribution in [2.24, 2.45) is 0 Å². The van der Waals surface area contributed by atoms with E-state index in [4.69, 9.17) is 11.6 Å². The molecule has 0 spiro atoms. The number of aryl methyl sites for hydroxylation is 2. The van der Waals surface area contributed by atoms with Gasteiger partial charge in [0.25, 0.3) is 0 Å². The quantitative estimate of drug-likeness (QED) is 0.844. The van der Waals surface area contributed by atoms with Gasteiger partial charge in [-0.3, -0.25) is 0 Å². The van der Waals surface area contributed by atoms with Gasteiger partial charge in [0.1, 0.15) is 0 Å². The van der Waals surface area contributed by atoms with E-state index in [0.29, 0.717) is 6.04 Å². The maximum Gasteiger partial charge on any atom is 0.0451 e. The van der Waals surface area contributed by atoms with Crippen molar-refractivity contribution in [2.45, 2.75) is 39.3 Å². The molecule has 104 valence electrons. The monoisotopic (exact) mass is 285 g/mol. The van der Waals surface area contributed by atoms with E-state index in [1.54, 1.807) is 0 Å². The highest BCUT2D eigenvalue weighted by atomic mass is 35.5. The highest BCUT2D eigenvalue weighted by Crippen LogP contribution is 2.29. The molecule has 20 heavy (non-hydrogen) atoms. The van der Waals surface area contributed by atoms with Crippen molar-refractivity contribution in [2.75, 3.05) is 0 Å². The molecule has 0 aliphatic heterocycles. The first-order chi connectivity index (χ1) is 9.63. The minimum atomic E-state index is 0.704. The first-order valence-electron chi connectivity index (χ1n) is 7.23. The molecule has 0 radical (unpaired) electrons. The van der Waals surface area contributed by atoms with Crippen molar-refractivity contribution in [1.29, 1.82) is 0 Å². The fourth-order valence-corrected chi connectivity index (χ4v) is 2.65. The molecule has 1 aliphatic carbocycles. The summed E-state index contributed by atoms with van der Waals surface area (Å²) in [5.41, 5.74) is 6.34. The Kier molecular flexibility index (Phi) is 3.82. The van der Waals surface area contributed by atoms with Crippen molar-refractivity contribution in [3.8, 4) is 11.1 Å². The summed E-state index contributed by atoms with van der Waals surface area (Å²) in [6.45, 7) is 5.15. The Hall–Kier alpha value is -1.31. The van der Waals surface area contributed by atoms with Crippen LogP contribution in [0.1, 0.15) is 29.5 Å². The Labute approximate surface area is 126 Å². The van der Waals surface area contributed by atoms with Gasteiger partial charge in [0.15, 0.2) is 0 Å². The highest BCUT2D eigenvalue weighted by Gasteiger charge is 2.20. The zero-order valence-electron chi connectivity index (χ0n) is 12.0. The average Bonchev–Trinajstić information content (AvgIpc) is 3.25. The van der Waals surface area contributed by atoms with E-state index in [2.05, 4.69) is 49.5 Å². The molecule has 0 atom stereocenters. The molecule has 0 heterocycles. The van der Waals surface area contributed by atoms with Crippen LogP contribution in [-0.2, 0) is 6.54 Å². The smallest absolute Gasteiger partial charge is 0.0451 e. The summed E-state index contributed by atoms with van der Waals surface area (Å²) in [4.78, 5) is 0. The van der Waals surface area contributed by atoms with Crippen LogP contribution in [0.15, 0.2) is 36.4 Å². The molecule has 3 rings (SSSR count). The fourth-order valence-electron chi connectivity index (χ4n) is 2.47. The van der Waals surface area contributed by atoms with E-state index < -0.39 is 0 Å². The van der Waals surface area contributed by atoms with E-state index in [1.165, 1.54) is 40.7 Å². The van der Waals surface area contributed by atoms with Crippen LogP contribution in [0.3, 0.4) is 0 Å². The van der Waals surface area contributed by atoms with Gasteiger partial charge in [-0.15, -0.1) is 0 Å². The van der Waals surface area contributed by atoms with Crippen LogP contribution in [0.2, 0.25) is 5.02 Å². The van der Waals surface area contributed by atoms with Gasteiger partial charge >= 0.3 is 0 Å². The van der Waals surface area contributed by atoms with Crippen molar-refractivity contribution in [3.05, 3.63) is 58.1 Å². The van der Waals surface area contributed by atoms with Crippen LogP contribution in [-0.4, -0.2) is 6.04 Å². The normalized spacial score (nSPS) is 14.6. The minimum absolute atomic E-state index is 0.704. The third-order valence-corrected chi connectivity index (χ3v) is 4.28. The van der Waals surface area contributed by atoms with Crippen LogP contribution in [0.4, 0.5) is 0 Å². The van der Waals surface area contributed by atoms with E-state index in [9.17, 15) is 0 Å². The Morgan fingerprint density at radius 3 is 2.65 bits per heavy atom. The second-order valence-corrected chi connectivity index (χ2v) is 6.19. The Bertz CT molecular complexity index is 629. The van der Waals surface area contributed by atoms with Crippen molar-refractivity contribution < 1.29 is 0 Å². The maximum atomic E-state index is 6.32. The molecule has 0 bridgehead atoms.